The summed E-state index contributed by atoms with van der Waals surface area (Å²) in [6.45, 7) is 10.2. The lowest BCUT2D eigenvalue weighted by atomic mass is 9.79. The third-order valence-corrected chi connectivity index (χ3v) is 6.89. The number of hydrogen-bond acceptors (Lipinski definition) is 5. The van der Waals surface area contributed by atoms with Crippen LogP contribution >= 0.6 is 0 Å². The van der Waals surface area contributed by atoms with E-state index in [1.54, 1.807) is 16.5 Å². The van der Waals surface area contributed by atoms with Crippen molar-refractivity contribution in [2.24, 2.45) is 7.05 Å². The topological polar surface area (TPSA) is 103 Å². The van der Waals surface area contributed by atoms with Gasteiger partial charge in [0.15, 0.2) is 0 Å². The van der Waals surface area contributed by atoms with Gasteiger partial charge in [-0.05, 0) is 71.4 Å². The van der Waals surface area contributed by atoms with E-state index in [9.17, 15) is 19.2 Å². The number of likely N-dealkylation sites (tertiary alicyclic amines) is 1. The van der Waals surface area contributed by atoms with Crippen LogP contribution in [0.2, 0.25) is 0 Å². The number of benzene rings is 1. The molecule has 2 aliphatic heterocycles. The quantitative estimate of drug-likeness (QED) is 0.679. The molecule has 34 heavy (non-hydrogen) atoms. The van der Waals surface area contributed by atoms with Crippen LogP contribution in [0.4, 0.5) is 4.79 Å². The fraction of sp³-hybridized carbons (Fsp3) is 0.600. The molecule has 0 radical (unpaired) electrons. The van der Waals surface area contributed by atoms with Crippen molar-refractivity contribution < 1.29 is 19.1 Å². The van der Waals surface area contributed by atoms with E-state index in [-0.39, 0.29) is 30.0 Å². The van der Waals surface area contributed by atoms with Crippen LogP contribution in [0.3, 0.4) is 0 Å². The summed E-state index contributed by atoms with van der Waals surface area (Å²) in [6, 6.07) is 5.08. The van der Waals surface area contributed by atoms with Crippen LogP contribution in [0.5, 0.6) is 0 Å². The number of nitrogens with one attached hydrogen (secondary N) is 1. The summed E-state index contributed by atoms with van der Waals surface area (Å²) >= 11 is 0. The second-order valence-electron chi connectivity index (χ2n) is 11.0. The van der Waals surface area contributed by atoms with Gasteiger partial charge in [-0.1, -0.05) is 12.1 Å². The highest BCUT2D eigenvalue weighted by Gasteiger charge is 2.41. The van der Waals surface area contributed by atoms with Crippen LogP contribution < -0.4 is 11.0 Å². The molecule has 3 amide bonds. The average Bonchev–Trinajstić information content (AvgIpc) is 2.96. The van der Waals surface area contributed by atoms with E-state index in [1.165, 1.54) is 4.57 Å². The summed E-state index contributed by atoms with van der Waals surface area (Å²) in [4.78, 5) is 52.0. The number of piperidine rings is 2. The molecule has 184 valence electrons. The summed E-state index contributed by atoms with van der Waals surface area (Å²) < 4.78 is 8.74. The molecular formula is C25H34N4O5. The zero-order valence-corrected chi connectivity index (χ0v) is 20.8. The molecule has 0 aliphatic carbocycles. The molecule has 4 rings (SSSR count). The Hall–Kier alpha value is -3.10. The van der Waals surface area contributed by atoms with Gasteiger partial charge in [0.1, 0.15) is 11.6 Å². The van der Waals surface area contributed by atoms with Crippen molar-refractivity contribution in [3.8, 4) is 0 Å². The molecule has 0 bridgehead atoms. The van der Waals surface area contributed by atoms with Gasteiger partial charge in [0.25, 0.3) is 0 Å². The molecule has 2 fully saturated rings. The number of imidazole rings is 1. The Morgan fingerprint density at radius 3 is 2.47 bits per heavy atom. The van der Waals surface area contributed by atoms with E-state index in [4.69, 9.17) is 4.74 Å². The number of para-hydroxylation sites is 1. The average molecular weight is 471 g/mol. The summed E-state index contributed by atoms with van der Waals surface area (Å²) in [6.07, 6.45) is 1.64. The standard InChI is InChI=1S/C25H34N4O5/c1-24(2,3)34-23(33)28-13-12-15(14-25(28,4)5)16-8-7-9-17-20(16)27(6)22(32)29(17)18-10-11-19(30)26-21(18)31/h7-9,15,18H,10-14H2,1-6H3,(H,26,30,31)/t15-,18?/m0/s1. The molecule has 1 N–H and O–H groups in total. The number of carbonyl (C=O) groups is 3. The molecule has 1 unspecified atom stereocenters. The van der Waals surface area contributed by atoms with Gasteiger partial charge in [-0.15, -0.1) is 0 Å². The van der Waals surface area contributed by atoms with E-state index in [1.807, 2.05) is 52.8 Å². The van der Waals surface area contributed by atoms with E-state index in [0.29, 0.717) is 24.9 Å². The van der Waals surface area contributed by atoms with Gasteiger partial charge in [0, 0.05) is 25.6 Å². The van der Waals surface area contributed by atoms with Crippen LogP contribution in [-0.2, 0) is 21.4 Å². The van der Waals surface area contributed by atoms with Gasteiger partial charge < -0.3 is 9.64 Å². The third kappa shape index (κ3) is 4.23. The molecule has 1 aromatic carbocycles. The fourth-order valence-corrected chi connectivity index (χ4v) is 5.35. The molecule has 0 saturated carbocycles. The van der Waals surface area contributed by atoms with Crippen molar-refractivity contribution >= 4 is 28.9 Å². The minimum Gasteiger partial charge on any atom is -0.444 e. The molecule has 0 spiro atoms. The van der Waals surface area contributed by atoms with E-state index >= 15 is 0 Å². The number of carbonyl (C=O) groups excluding carboxylic acids is 3. The van der Waals surface area contributed by atoms with Gasteiger partial charge in [-0.2, -0.15) is 0 Å². The highest BCUT2D eigenvalue weighted by molar-refractivity contribution is 6.00. The normalized spacial score (nSPS) is 23.2. The summed E-state index contributed by atoms with van der Waals surface area (Å²) in [5.41, 5.74) is 1.24. The summed E-state index contributed by atoms with van der Waals surface area (Å²) in [7, 11) is 1.72. The lowest BCUT2D eigenvalue weighted by molar-refractivity contribution is -0.135. The number of aryl methyl sites for hydroxylation is 1. The predicted molar refractivity (Wildman–Crippen MR) is 128 cm³/mol. The molecule has 2 aromatic rings. The van der Waals surface area contributed by atoms with Crippen molar-refractivity contribution in [3.05, 3.63) is 34.2 Å². The molecular weight excluding hydrogens is 436 g/mol. The van der Waals surface area contributed by atoms with Gasteiger partial charge in [0.05, 0.1) is 11.0 Å². The van der Waals surface area contributed by atoms with Crippen LogP contribution in [-0.4, -0.2) is 49.6 Å². The Morgan fingerprint density at radius 2 is 1.85 bits per heavy atom. The summed E-state index contributed by atoms with van der Waals surface area (Å²) in [5, 5.41) is 2.35. The second-order valence-corrected chi connectivity index (χ2v) is 11.0. The lowest BCUT2D eigenvalue weighted by Gasteiger charge is -2.45. The van der Waals surface area contributed by atoms with Gasteiger partial charge >= 0.3 is 11.8 Å². The SMILES string of the molecule is Cn1c(=O)n(C2CCC(=O)NC2=O)c2cccc([C@H]3CCN(C(=O)OC(C)(C)C)C(C)(C)C3)c21. The number of nitrogens with zero attached hydrogens (tertiary/aromatic N) is 3. The number of ether oxygens (including phenoxy) is 1. The van der Waals surface area contributed by atoms with Gasteiger partial charge in [-0.25, -0.2) is 9.59 Å². The molecule has 2 saturated heterocycles. The Labute approximate surface area is 199 Å². The number of imide groups is 1. The Kier molecular flexibility index (Phi) is 5.86. The highest BCUT2D eigenvalue weighted by atomic mass is 16.6. The van der Waals surface area contributed by atoms with Crippen molar-refractivity contribution in [2.75, 3.05) is 6.54 Å². The second kappa shape index (κ2) is 8.29. The zero-order valence-electron chi connectivity index (χ0n) is 20.8. The third-order valence-electron chi connectivity index (χ3n) is 6.89. The van der Waals surface area contributed by atoms with Gasteiger partial charge in [0.2, 0.25) is 11.8 Å². The minimum atomic E-state index is -0.713. The van der Waals surface area contributed by atoms with Crippen LogP contribution in [0.25, 0.3) is 11.0 Å². The number of hydrogen-bond donors (Lipinski definition) is 1. The molecule has 2 aliphatic rings. The van der Waals surface area contributed by atoms with E-state index in [2.05, 4.69) is 5.32 Å². The maximum Gasteiger partial charge on any atom is 0.410 e. The smallest absolute Gasteiger partial charge is 0.410 e. The first-order chi connectivity index (χ1) is 15.8. The van der Waals surface area contributed by atoms with Crippen LogP contribution in [0.1, 0.15) is 77.8 Å². The molecule has 2 atom stereocenters. The molecule has 9 heteroatoms. The first kappa shape index (κ1) is 24.0. The van der Waals surface area contributed by atoms with Crippen molar-refractivity contribution in [1.82, 2.24) is 19.4 Å². The van der Waals surface area contributed by atoms with Crippen LogP contribution in [0.15, 0.2) is 23.0 Å². The Bertz CT molecular complexity index is 1220. The first-order valence-corrected chi connectivity index (χ1v) is 11.8. The monoisotopic (exact) mass is 470 g/mol. The molecule has 3 heterocycles. The van der Waals surface area contributed by atoms with Crippen molar-refractivity contribution in [2.45, 2.75) is 83.4 Å². The maximum absolute atomic E-state index is 13.2. The largest absolute Gasteiger partial charge is 0.444 e. The highest BCUT2D eigenvalue weighted by Crippen LogP contribution is 2.40. The number of rotatable bonds is 2. The van der Waals surface area contributed by atoms with Crippen LogP contribution in [0, 0.1) is 0 Å². The van der Waals surface area contributed by atoms with Gasteiger partial charge in [-0.3, -0.25) is 24.0 Å². The van der Waals surface area contributed by atoms with Crippen molar-refractivity contribution in [3.63, 3.8) is 0 Å². The Morgan fingerprint density at radius 1 is 1.15 bits per heavy atom. The summed E-state index contributed by atoms with van der Waals surface area (Å²) in [5.74, 6) is -0.627. The molecule has 9 nitrogen and oxygen atoms in total. The maximum atomic E-state index is 13.2. The number of aromatic nitrogens is 2. The zero-order chi connectivity index (χ0) is 25.0. The minimum absolute atomic E-state index is 0.126. The van der Waals surface area contributed by atoms with E-state index in [0.717, 1.165) is 17.5 Å². The predicted octanol–water partition coefficient (Wildman–Crippen LogP) is 3.21. The van der Waals surface area contributed by atoms with Crippen molar-refractivity contribution in [1.29, 1.82) is 0 Å². The number of fused-ring (bicyclic) bond motifs is 1. The fourth-order valence-electron chi connectivity index (χ4n) is 5.35. The Balaban J connectivity index is 1.69. The lowest BCUT2D eigenvalue weighted by Crippen LogP contribution is -2.53. The first-order valence-electron chi connectivity index (χ1n) is 11.8. The van der Waals surface area contributed by atoms with E-state index < -0.39 is 23.1 Å². The molecule has 1 aromatic heterocycles. The number of amides is 3.